The standard InChI is InChI=1S/C15H24ClN3O2/c1-3-12-15(16)13(18(2)17-12)10-19-9-5-4-6-11(19)7-8-14(20)21/h11H,3-10H2,1-2H3,(H,20,21). The Balaban J connectivity index is 2.08. The first-order valence-corrected chi connectivity index (χ1v) is 8.06. The van der Waals surface area contributed by atoms with Crippen molar-refractivity contribution in [1.29, 1.82) is 0 Å². The Labute approximate surface area is 130 Å². The lowest BCUT2D eigenvalue weighted by Crippen LogP contribution is -2.39. The molecule has 2 rings (SSSR count). The molecule has 1 atom stereocenters. The normalized spacial score (nSPS) is 19.9. The molecule has 21 heavy (non-hydrogen) atoms. The van der Waals surface area contributed by atoms with Crippen molar-refractivity contribution in [2.75, 3.05) is 6.54 Å². The van der Waals surface area contributed by atoms with E-state index in [2.05, 4.69) is 16.9 Å². The van der Waals surface area contributed by atoms with Crippen LogP contribution in [0.5, 0.6) is 0 Å². The fourth-order valence-corrected chi connectivity index (χ4v) is 3.42. The molecule has 0 aliphatic carbocycles. The summed E-state index contributed by atoms with van der Waals surface area (Å²) >= 11 is 6.42. The second kappa shape index (κ2) is 7.27. The lowest BCUT2D eigenvalue weighted by Gasteiger charge is -2.35. The van der Waals surface area contributed by atoms with E-state index in [-0.39, 0.29) is 6.42 Å². The topological polar surface area (TPSA) is 58.4 Å². The van der Waals surface area contributed by atoms with Crippen molar-refractivity contribution < 1.29 is 9.90 Å². The first-order valence-electron chi connectivity index (χ1n) is 7.69. The summed E-state index contributed by atoms with van der Waals surface area (Å²) in [4.78, 5) is 13.2. The second-order valence-corrected chi connectivity index (χ2v) is 6.11. The van der Waals surface area contributed by atoms with Gasteiger partial charge < -0.3 is 5.11 Å². The number of hydrogen-bond acceptors (Lipinski definition) is 3. The van der Waals surface area contributed by atoms with Gasteiger partial charge >= 0.3 is 5.97 Å². The van der Waals surface area contributed by atoms with Gasteiger partial charge in [0.1, 0.15) is 0 Å². The Morgan fingerprint density at radius 3 is 2.86 bits per heavy atom. The van der Waals surface area contributed by atoms with Gasteiger partial charge in [0.05, 0.1) is 16.4 Å². The molecule has 1 saturated heterocycles. The highest BCUT2D eigenvalue weighted by Gasteiger charge is 2.25. The SMILES string of the molecule is CCc1nn(C)c(CN2CCCCC2CCC(=O)O)c1Cl. The summed E-state index contributed by atoms with van der Waals surface area (Å²) in [5.41, 5.74) is 1.98. The van der Waals surface area contributed by atoms with Gasteiger partial charge in [-0.1, -0.05) is 24.9 Å². The molecule has 0 aromatic carbocycles. The summed E-state index contributed by atoms with van der Waals surface area (Å²) in [7, 11) is 1.93. The second-order valence-electron chi connectivity index (χ2n) is 5.74. The quantitative estimate of drug-likeness (QED) is 0.877. The van der Waals surface area contributed by atoms with E-state index in [1.165, 1.54) is 12.8 Å². The van der Waals surface area contributed by atoms with Crippen LogP contribution in [0.25, 0.3) is 0 Å². The molecule has 0 radical (unpaired) electrons. The highest BCUT2D eigenvalue weighted by molar-refractivity contribution is 6.31. The lowest BCUT2D eigenvalue weighted by atomic mass is 9.97. The van der Waals surface area contributed by atoms with Gasteiger partial charge in [0.2, 0.25) is 0 Å². The van der Waals surface area contributed by atoms with E-state index in [0.717, 1.165) is 42.3 Å². The van der Waals surface area contributed by atoms with Crippen LogP contribution in [0.2, 0.25) is 5.02 Å². The average molecular weight is 314 g/mol. The lowest BCUT2D eigenvalue weighted by molar-refractivity contribution is -0.137. The number of rotatable bonds is 6. The minimum absolute atomic E-state index is 0.237. The van der Waals surface area contributed by atoms with Gasteiger partial charge in [-0.05, 0) is 32.2 Å². The summed E-state index contributed by atoms with van der Waals surface area (Å²) < 4.78 is 1.87. The zero-order valence-corrected chi connectivity index (χ0v) is 13.6. The number of aryl methyl sites for hydroxylation is 2. The van der Waals surface area contributed by atoms with Crippen molar-refractivity contribution in [3.05, 3.63) is 16.4 Å². The van der Waals surface area contributed by atoms with Crippen LogP contribution in [0.4, 0.5) is 0 Å². The van der Waals surface area contributed by atoms with Gasteiger partial charge in [-0.2, -0.15) is 5.10 Å². The number of aromatic nitrogens is 2. The van der Waals surface area contributed by atoms with Gasteiger partial charge in [-0.3, -0.25) is 14.4 Å². The fraction of sp³-hybridized carbons (Fsp3) is 0.733. The maximum atomic E-state index is 10.8. The van der Waals surface area contributed by atoms with E-state index in [0.29, 0.717) is 12.5 Å². The Kier molecular flexibility index (Phi) is 5.65. The molecular formula is C15H24ClN3O2. The molecule has 1 aromatic heterocycles. The molecule has 1 aliphatic heterocycles. The summed E-state index contributed by atoms with van der Waals surface area (Å²) in [5.74, 6) is -0.715. The van der Waals surface area contributed by atoms with Gasteiger partial charge in [0.25, 0.3) is 0 Å². The number of carbonyl (C=O) groups is 1. The van der Waals surface area contributed by atoms with Crippen molar-refractivity contribution >= 4 is 17.6 Å². The van der Waals surface area contributed by atoms with E-state index < -0.39 is 5.97 Å². The number of piperidine rings is 1. The third kappa shape index (κ3) is 3.98. The fourth-order valence-electron chi connectivity index (χ4n) is 3.07. The molecule has 1 aromatic rings. The molecule has 0 bridgehead atoms. The Morgan fingerprint density at radius 1 is 1.48 bits per heavy atom. The summed E-state index contributed by atoms with van der Waals surface area (Å²) in [6, 6.07) is 0.339. The number of hydrogen-bond donors (Lipinski definition) is 1. The van der Waals surface area contributed by atoms with Crippen molar-refractivity contribution in [3.63, 3.8) is 0 Å². The van der Waals surface area contributed by atoms with Gasteiger partial charge in [-0.25, -0.2) is 0 Å². The number of aliphatic carboxylic acids is 1. The Hall–Kier alpha value is -1.07. The van der Waals surface area contributed by atoms with Crippen LogP contribution < -0.4 is 0 Å². The monoisotopic (exact) mass is 313 g/mol. The largest absolute Gasteiger partial charge is 0.481 e. The molecule has 5 nitrogen and oxygen atoms in total. The molecule has 0 amide bonds. The average Bonchev–Trinajstić information content (AvgIpc) is 2.73. The molecule has 1 unspecified atom stereocenters. The van der Waals surface area contributed by atoms with Crippen LogP contribution in [0.15, 0.2) is 0 Å². The maximum Gasteiger partial charge on any atom is 0.303 e. The third-order valence-electron chi connectivity index (χ3n) is 4.30. The van der Waals surface area contributed by atoms with Gasteiger partial charge in [0.15, 0.2) is 0 Å². The molecule has 1 fully saturated rings. The van der Waals surface area contributed by atoms with Crippen LogP contribution >= 0.6 is 11.6 Å². The molecule has 2 heterocycles. The Bertz CT molecular complexity index is 501. The first-order chi connectivity index (χ1) is 10.0. The minimum Gasteiger partial charge on any atom is -0.481 e. The maximum absolute atomic E-state index is 10.8. The van der Waals surface area contributed by atoms with Crippen molar-refractivity contribution in [2.45, 2.75) is 58.0 Å². The highest BCUT2D eigenvalue weighted by atomic mass is 35.5. The van der Waals surface area contributed by atoms with Crippen molar-refractivity contribution in [2.24, 2.45) is 7.05 Å². The molecule has 1 aliphatic rings. The van der Waals surface area contributed by atoms with Crippen LogP contribution in [0.3, 0.4) is 0 Å². The third-order valence-corrected chi connectivity index (χ3v) is 4.73. The number of halogens is 1. The zero-order chi connectivity index (χ0) is 15.4. The Morgan fingerprint density at radius 2 is 2.24 bits per heavy atom. The van der Waals surface area contributed by atoms with E-state index >= 15 is 0 Å². The summed E-state index contributed by atoms with van der Waals surface area (Å²) in [5, 5.41) is 14.1. The molecule has 0 spiro atoms. The van der Waals surface area contributed by atoms with Gasteiger partial charge in [-0.15, -0.1) is 0 Å². The molecular weight excluding hydrogens is 290 g/mol. The van der Waals surface area contributed by atoms with Crippen LogP contribution in [0.1, 0.15) is 50.4 Å². The van der Waals surface area contributed by atoms with E-state index in [1.54, 1.807) is 0 Å². The first kappa shape index (κ1) is 16.3. The zero-order valence-electron chi connectivity index (χ0n) is 12.8. The molecule has 6 heteroatoms. The van der Waals surface area contributed by atoms with Crippen LogP contribution in [0, 0.1) is 0 Å². The predicted molar refractivity (Wildman–Crippen MR) is 82.5 cm³/mol. The molecule has 0 saturated carbocycles. The van der Waals surface area contributed by atoms with E-state index in [1.807, 2.05) is 11.7 Å². The van der Waals surface area contributed by atoms with Crippen molar-refractivity contribution in [3.8, 4) is 0 Å². The smallest absolute Gasteiger partial charge is 0.303 e. The van der Waals surface area contributed by atoms with Crippen LogP contribution in [-0.2, 0) is 24.8 Å². The number of likely N-dealkylation sites (tertiary alicyclic amines) is 1. The van der Waals surface area contributed by atoms with E-state index in [4.69, 9.17) is 16.7 Å². The molecule has 118 valence electrons. The number of carboxylic acid groups (broad SMARTS) is 1. The van der Waals surface area contributed by atoms with Crippen molar-refractivity contribution in [1.82, 2.24) is 14.7 Å². The highest BCUT2D eigenvalue weighted by Crippen LogP contribution is 2.27. The van der Waals surface area contributed by atoms with Gasteiger partial charge in [0, 0.05) is 26.1 Å². The summed E-state index contributed by atoms with van der Waals surface area (Å²) in [6.07, 6.45) is 5.20. The predicted octanol–water partition coefficient (Wildman–Crippen LogP) is 2.86. The van der Waals surface area contributed by atoms with E-state index in [9.17, 15) is 4.79 Å². The number of carboxylic acids is 1. The number of nitrogens with zero attached hydrogens (tertiary/aromatic N) is 3. The minimum atomic E-state index is -0.715. The summed E-state index contributed by atoms with van der Waals surface area (Å²) in [6.45, 7) is 3.81. The molecule has 1 N–H and O–H groups in total. The van der Waals surface area contributed by atoms with Crippen LogP contribution in [-0.4, -0.2) is 38.3 Å².